The van der Waals surface area contributed by atoms with Crippen molar-refractivity contribution in [3.05, 3.63) is 76.3 Å². The number of H-pyrrole nitrogens is 1. The molecule has 0 bridgehead atoms. The fraction of sp³-hybridized carbons (Fsp3) is 0.292. The highest BCUT2D eigenvalue weighted by atomic mass is 32.2. The van der Waals surface area contributed by atoms with E-state index in [1.54, 1.807) is 6.92 Å². The third-order valence-corrected chi connectivity index (χ3v) is 7.31. The van der Waals surface area contributed by atoms with Crippen LogP contribution in [0.25, 0.3) is 10.9 Å². The molecule has 1 aliphatic heterocycles. The van der Waals surface area contributed by atoms with E-state index < -0.39 is 27.8 Å². The summed E-state index contributed by atoms with van der Waals surface area (Å²) < 4.78 is 23.9. The summed E-state index contributed by atoms with van der Waals surface area (Å²) in [5.41, 5.74) is 3.06. The SMILES string of the molecule is Cc1cccc2c(C(=O)NC(C)C(NC(=O)C3=CS(=O)(=O)CCC3)c3ccccc3)[nH]nc12. The Balaban J connectivity index is 1.58. The summed E-state index contributed by atoms with van der Waals surface area (Å²) in [6.45, 7) is 3.72. The van der Waals surface area contributed by atoms with Crippen LogP contribution in [0.15, 0.2) is 59.5 Å². The molecule has 0 spiro atoms. The van der Waals surface area contributed by atoms with Crippen molar-refractivity contribution in [3.8, 4) is 0 Å². The molecule has 33 heavy (non-hydrogen) atoms. The number of hydrogen-bond donors (Lipinski definition) is 3. The highest BCUT2D eigenvalue weighted by Gasteiger charge is 2.27. The molecule has 3 N–H and O–H groups in total. The van der Waals surface area contributed by atoms with Gasteiger partial charge in [0.15, 0.2) is 9.84 Å². The highest BCUT2D eigenvalue weighted by molar-refractivity contribution is 7.94. The van der Waals surface area contributed by atoms with Crippen LogP contribution in [0.4, 0.5) is 0 Å². The fourth-order valence-electron chi connectivity index (χ4n) is 4.07. The minimum atomic E-state index is -3.37. The van der Waals surface area contributed by atoms with Crippen molar-refractivity contribution < 1.29 is 18.0 Å². The molecule has 0 radical (unpaired) electrons. The van der Waals surface area contributed by atoms with Gasteiger partial charge in [0, 0.05) is 16.4 Å². The summed E-state index contributed by atoms with van der Waals surface area (Å²) in [5.74, 6) is -0.739. The van der Waals surface area contributed by atoms with Gasteiger partial charge in [-0.15, -0.1) is 0 Å². The number of aryl methyl sites for hydroxylation is 1. The number of nitrogens with one attached hydrogen (secondary N) is 3. The molecule has 9 heteroatoms. The lowest BCUT2D eigenvalue weighted by Gasteiger charge is -2.27. The monoisotopic (exact) mass is 466 g/mol. The van der Waals surface area contributed by atoms with Crippen LogP contribution in [-0.2, 0) is 14.6 Å². The van der Waals surface area contributed by atoms with Crippen LogP contribution in [0.5, 0.6) is 0 Å². The van der Waals surface area contributed by atoms with Gasteiger partial charge in [-0.1, -0.05) is 48.5 Å². The molecule has 1 aromatic heterocycles. The van der Waals surface area contributed by atoms with E-state index in [9.17, 15) is 18.0 Å². The van der Waals surface area contributed by atoms with Crippen molar-refractivity contribution in [3.63, 3.8) is 0 Å². The molecule has 172 valence electrons. The molecule has 3 aromatic rings. The first-order valence-electron chi connectivity index (χ1n) is 10.8. The van der Waals surface area contributed by atoms with Crippen LogP contribution >= 0.6 is 0 Å². The van der Waals surface area contributed by atoms with Crippen molar-refractivity contribution in [2.75, 3.05) is 5.75 Å². The summed E-state index contributed by atoms with van der Waals surface area (Å²) in [6, 6.07) is 13.8. The number of carbonyl (C=O) groups excluding carboxylic acids is 2. The van der Waals surface area contributed by atoms with E-state index in [0.717, 1.165) is 27.4 Å². The second kappa shape index (κ2) is 9.19. The molecule has 0 aliphatic carbocycles. The van der Waals surface area contributed by atoms with Gasteiger partial charge in [0.1, 0.15) is 5.69 Å². The van der Waals surface area contributed by atoms with Crippen molar-refractivity contribution >= 4 is 32.6 Å². The minimum Gasteiger partial charge on any atom is -0.346 e. The van der Waals surface area contributed by atoms with Gasteiger partial charge in [-0.2, -0.15) is 5.10 Å². The van der Waals surface area contributed by atoms with Gasteiger partial charge < -0.3 is 10.6 Å². The van der Waals surface area contributed by atoms with Crippen molar-refractivity contribution in [1.82, 2.24) is 20.8 Å². The second-order valence-corrected chi connectivity index (χ2v) is 10.3. The minimum absolute atomic E-state index is 0.0516. The summed E-state index contributed by atoms with van der Waals surface area (Å²) >= 11 is 0. The molecule has 1 aliphatic rings. The Morgan fingerprint density at radius 1 is 1.03 bits per heavy atom. The lowest BCUT2D eigenvalue weighted by molar-refractivity contribution is -0.118. The maximum absolute atomic E-state index is 13.1. The molecule has 2 atom stereocenters. The first kappa shape index (κ1) is 22.7. The van der Waals surface area contributed by atoms with Crippen LogP contribution in [0.3, 0.4) is 0 Å². The maximum atomic E-state index is 13.1. The van der Waals surface area contributed by atoms with Crippen molar-refractivity contribution in [2.24, 2.45) is 0 Å². The molecular formula is C24H26N4O4S. The van der Waals surface area contributed by atoms with Gasteiger partial charge >= 0.3 is 0 Å². The first-order valence-corrected chi connectivity index (χ1v) is 12.5. The molecule has 0 saturated carbocycles. The van der Waals surface area contributed by atoms with E-state index >= 15 is 0 Å². The number of hydrogen-bond acceptors (Lipinski definition) is 5. The quantitative estimate of drug-likeness (QED) is 0.516. The number of nitrogens with zero attached hydrogens (tertiary/aromatic N) is 1. The molecule has 2 amide bonds. The molecule has 2 heterocycles. The average molecular weight is 467 g/mol. The number of aromatic amines is 1. The predicted octanol–water partition coefficient (Wildman–Crippen LogP) is 2.94. The lowest BCUT2D eigenvalue weighted by atomic mass is 9.99. The van der Waals surface area contributed by atoms with E-state index in [1.165, 1.54) is 0 Å². The Morgan fingerprint density at radius 3 is 2.52 bits per heavy atom. The zero-order valence-electron chi connectivity index (χ0n) is 18.5. The zero-order chi connectivity index (χ0) is 23.6. The maximum Gasteiger partial charge on any atom is 0.270 e. The van der Waals surface area contributed by atoms with Crippen LogP contribution in [-0.4, -0.2) is 42.2 Å². The van der Waals surface area contributed by atoms with Gasteiger partial charge in [-0.05, 0) is 37.8 Å². The molecule has 2 unspecified atom stereocenters. The lowest BCUT2D eigenvalue weighted by Crippen LogP contribution is -2.45. The van der Waals surface area contributed by atoms with Crippen LogP contribution in [0, 0.1) is 6.92 Å². The van der Waals surface area contributed by atoms with E-state index in [0.29, 0.717) is 18.5 Å². The van der Waals surface area contributed by atoms with Crippen LogP contribution in [0.2, 0.25) is 0 Å². The second-order valence-electron chi connectivity index (χ2n) is 8.31. The molecule has 0 saturated heterocycles. The van der Waals surface area contributed by atoms with Gasteiger partial charge in [-0.3, -0.25) is 14.7 Å². The van der Waals surface area contributed by atoms with Crippen LogP contribution in [0.1, 0.15) is 47.4 Å². The Bertz CT molecular complexity index is 1330. The van der Waals surface area contributed by atoms with Gasteiger partial charge in [0.25, 0.3) is 5.91 Å². The number of rotatable bonds is 6. The Labute approximate surface area is 192 Å². The third-order valence-electron chi connectivity index (χ3n) is 5.81. The Hall–Kier alpha value is -3.46. The van der Waals surface area contributed by atoms with Gasteiger partial charge in [0.05, 0.1) is 23.4 Å². The number of benzene rings is 2. The molecule has 8 nitrogen and oxygen atoms in total. The predicted molar refractivity (Wildman–Crippen MR) is 126 cm³/mol. The first-order chi connectivity index (χ1) is 15.7. The normalized spacial score (nSPS) is 17.1. The fourth-order valence-corrected chi connectivity index (χ4v) is 5.40. The topological polar surface area (TPSA) is 121 Å². The molecule has 0 fully saturated rings. The van der Waals surface area contributed by atoms with Crippen molar-refractivity contribution in [1.29, 1.82) is 0 Å². The smallest absolute Gasteiger partial charge is 0.270 e. The largest absolute Gasteiger partial charge is 0.346 e. The van der Waals surface area contributed by atoms with Crippen LogP contribution < -0.4 is 10.6 Å². The number of para-hydroxylation sites is 1. The molecule has 2 aromatic carbocycles. The van der Waals surface area contributed by atoms with E-state index in [4.69, 9.17) is 0 Å². The van der Waals surface area contributed by atoms with Gasteiger partial charge in [-0.25, -0.2) is 8.42 Å². The Kier molecular flexibility index (Phi) is 6.33. The number of sulfone groups is 1. The van der Waals surface area contributed by atoms with Gasteiger partial charge in [0.2, 0.25) is 5.91 Å². The highest BCUT2D eigenvalue weighted by Crippen LogP contribution is 2.23. The summed E-state index contributed by atoms with van der Waals surface area (Å²) in [7, 11) is -3.37. The summed E-state index contributed by atoms with van der Waals surface area (Å²) in [6.07, 6.45) is 0.809. The zero-order valence-corrected chi connectivity index (χ0v) is 19.3. The summed E-state index contributed by atoms with van der Waals surface area (Å²) in [5, 5.41) is 14.7. The number of aromatic nitrogens is 2. The van der Waals surface area contributed by atoms with Crippen molar-refractivity contribution in [2.45, 2.75) is 38.8 Å². The molecule has 4 rings (SSSR count). The third kappa shape index (κ3) is 4.98. The average Bonchev–Trinajstić information content (AvgIpc) is 3.23. The van der Waals surface area contributed by atoms with E-state index in [-0.39, 0.29) is 17.2 Å². The number of fused-ring (bicyclic) bond motifs is 1. The van der Waals surface area contributed by atoms with E-state index in [1.807, 2.05) is 55.5 Å². The number of carbonyl (C=O) groups is 2. The Morgan fingerprint density at radius 2 is 1.79 bits per heavy atom. The standard InChI is InChI=1S/C24H26N4O4S/c1-15-8-6-12-19-20(15)27-28-22(19)24(30)25-16(2)21(17-9-4-3-5-10-17)26-23(29)18-11-7-13-33(31,32)14-18/h3-6,8-10,12,14,16,21H,7,11,13H2,1-2H3,(H,25,30)(H,26,29)(H,27,28). The van der Waals surface area contributed by atoms with E-state index in [2.05, 4.69) is 20.8 Å². The summed E-state index contributed by atoms with van der Waals surface area (Å²) in [4.78, 5) is 26.0. The molecular weight excluding hydrogens is 440 g/mol. The number of amides is 2.